The number of amides is 3. The van der Waals surface area contributed by atoms with Gasteiger partial charge in [-0.25, -0.2) is 4.79 Å². The quantitative estimate of drug-likeness (QED) is 0.411. The van der Waals surface area contributed by atoms with E-state index in [1.54, 1.807) is 18.2 Å². The SMILES string of the molecule is Cc1ccccc1NC(=O)Nc1ccc(CC(=O)N2CCCCC2c2cc(CCC(=O)O)on2)cc1. The van der Waals surface area contributed by atoms with E-state index in [1.165, 1.54) is 0 Å². The summed E-state index contributed by atoms with van der Waals surface area (Å²) < 4.78 is 5.31. The van der Waals surface area contributed by atoms with Crippen LogP contribution in [0.5, 0.6) is 0 Å². The first kappa shape index (κ1) is 25.0. The van der Waals surface area contributed by atoms with Crippen molar-refractivity contribution in [2.45, 2.75) is 51.5 Å². The summed E-state index contributed by atoms with van der Waals surface area (Å²) in [5.74, 6) is -0.386. The minimum absolute atomic E-state index is 0.00667. The number of piperidine rings is 1. The van der Waals surface area contributed by atoms with Gasteiger partial charge in [0.15, 0.2) is 0 Å². The molecule has 1 aliphatic heterocycles. The molecule has 0 aliphatic carbocycles. The Labute approximate surface area is 209 Å². The monoisotopic (exact) mass is 490 g/mol. The average molecular weight is 491 g/mol. The molecule has 0 radical (unpaired) electrons. The first-order valence-corrected chi connectivity index (χ1v) is 12.1. The Bertz CT molecular complexity index is 1220. The number of rotatable bonds is 8. The second-order valence-corrected chi connectivity index (χ2v) is 8.98. The number of aromatic nitrogens is 1. The largest absolute Gasteiger partial charge is 0.481 e. The molecule has 2 aromatic carbocycles. The number of hydrogen-bond donors (Lipinski definition) is 3. The van der Waals surface area contributed by atoms with Crippen LogP contribution in [-0.4, -0.2) is 39.6 Å². The highest BCUT2D eigenvalue weighted by molar-refractivity contribution is 6.00. The molecule has 1 unspecified atom stereocenters. The molecule has 0 bridgehead atoms. The van der Waals surface area contributed by atoms with Gasteiger partial charge in [0, 0.05) is 30.4 Å². The molecule has 1 aromatic heterocycles. The molecular weight excluding hydrogens is 460 g/mol. The molecule has 1 atom stereocenters. The molecule has 9 nitrogen and oxygen atoms in total. The molecule has 0 saturated carbocycles. The van der Waals surface area contributed by atoms with Gasteiger partial charge in [-0.1, -0.05) is 35.5 Å². The maximum atomic E-state index is 13.2. The third kappa shape index (κ3) is 6.50. The molecule has 1 aliphatic rings. The lowest BCUT2D eigenvalue weighted by Crippen LogP contribution is -2.39. The summed E-state index contributed by atoms with van der Waals surface area (Å²) in [7, 11) is 0. The van der Waals surface area contributed by atoms with Crippen molar-refractivity contribution < 1.29 is 24.0 Å². The number of aliphatic carboxylic acids is 1. The van der Waals surface area contributed by atoms with E-state index in [2.05, 4.69) is 15.8 Å². The summed E-state index contributed by atoms with van der Waals surface area (Å²) in [6, 6.07) is 16.0. The lowest BCUT2D eigenvalue weighted by molar-refractivity contribution is -0.137. The predicted molar refractivity (Wildman–Crippen MR) is 135 cm³/mol. The molecule has 4 rings (SSSR count). The van der Waals surface area contributed by atoms with E-state index in [9.17, 15) is 14.4 Å². The molecule has 3 aromatic rings. The Morgan fingerprint density at radius 2 is 1.86 bits per heavy atom. The number of carbonyl (C=O) groups excluding carboxylic acids is 2. The number of carboxylic acids is 1. The van der Waals surface area contributed by atoms with Crippen LogP contribution in [0.15, 0.2) is 59.1 Å². The number of para-hydroxylation sites is 1. The van der Waals surface area contributed by atoms with Crippen molar-refractivity contribution in [1.82, 2.24) is 10.1 Å². The molecule has 1 fully saturated rings. The number of hydrogen-bond acceptors (Lipinski definition) is 5. The maximum absolute atomic E-state index is 13.2. The number of benzene rings is 2. The first-order valence-electron chi connectivity index (χ1n) is 12.1. The second-order valence-electron chi connectivity index (χ2n) is 8.98. The van der Waals surface area contributed by atoms with Gasteiger partial charge in [0.2, 0.25) is 5.91 Å². The van der Waals surface area contributed by atoms with E-state index in [-0.39, 0.29) is 37.2 Å². The normalized spacial score (nSPS) is 15.4. The number of nitrogens with one attached hydrogen (secondary N) is 2. The van der Waals surface area contributed by atoms with Crippen LogP contribution in [0.2, 0.25) is 0 Å². The lowest BCUT2D eigenvalue weighted by atomic mass is 9.97. The second kappa shape index (κ2) is 11.5. The Morgan fingerprint density at radius 1 is 1.08 bits per heavy atom. The van der Waals surface area contributed by atoms with Crippen molar-refractivity contribution in [3.63, 3.8) is 0 Å². The summed E-state index contributed by atoms with van der Waals surface area (Å²) in [6.45, 7) is 2.56. The van der Waals surface area contributed by atoms with Gasteiger partial charge in [-0.2, -0.15) is 0 Å². The number of urea groups is 1. The van der Waals surface area contributed by atoms with Gasteiger partial charge in [-0.15, -0.1) is 0 Å². The highest BCUT2D eigenvalue weighted by Gasteiger charge is 2.30. The molecule has 188 valence electrons. The van der Waals surface area contributed by atoms with Crippen LogP contribution in [0.4, 0.5) is 16.2 Å². The summed E-state index contributed by atoms with van der Waals surface area (Å²) in [5.41, 5.74) is 3.86. The Balaban J connectivity index is 1.35. The van der Waals surface area contributed by atoms with E-state index in [0.29, 0.717) is 23.7 Å². The highest BCUT2D eigenvalue weighted by atomic mass is 16.5. The van der Waals surface area contributed by atoms with E-state index in [0.717, 1.165) is 36.1 Å². The average Bonchev–Trinajstić information content (AvgIpc) is 3.34. The van der Waals surface area contributed by atoms with E-state index >= 15 is 0 Å². The number of anilines is 2. The topological polar surface area (TPSA) is 125 Å². The van der Waals surface area contributed by atoms with Crippen molar-refractivity contribution in [1.29, 1.82) is 0 Å². The number of carboxylic acid groups (broad SMARTS) is 1. The van der Waals surface area contributed by atoms with Gasteiger partial charge in [-0.3, -0.25) is 9.59 Å². The van der Waals surface area contributed by atoms with Crippen molar-refractivity contribution in [2.75, 3.05) is 17.2 Å². The third-order valence-electron chi connectivity index (χ3n) is 6.29. The van der Waals surface area contributed by atoms with Gasteiger partial charge in [0.25, 0.3) is 0 Å². The van der Waals surface area contributed by atoms with Crippen LogP contribution in [0.25, 0.3) is 0 Å². The standard InChI is InChI=1S/C27H30N4O5/c1-18-6-2-3-7-22(18)29-27(35)28-20-11-9-19(10-12-20)16-25(32)31-15-5-4-8-24(31)23-17-21(36-30-23)13-14-26(33)34/h2-3,6-7,9-12,17,24H,4-5,8,13-16H2,1H3,(H,33,34)(H2,28,29,35). The van der Waals surface area contributed by atoms with Crippen molar-refractivity contribution in [3.8, 4) is 0 Å². The molecule has 36 heavy (non-hydrogen) atoms. The summed E-state index contributed by atoms with van der Waals surface area (Å²) in [4.78, 5) is 38.2. The molecule has 2 heterocycles. The first-order chi connectivity index (χ1) is 17.4. The zero-order chi connectivity index (χ0) is 25.5. The number of likely N-dealkylation sites (tertiary alicyclic amines) is 1. The van der Waals surface area contributed by atoms with Crippen LogP contribution in [0.3, 0.4) is 0 Å². The van der Waals surface area contributed by atoms with Crippen molar-refractivity contribution in [3.05, 3.63) is 77.2 Å². The summed E-state index contributed by atoms with van der Waals surface area (Å²) in [5, 5.41) is 18.6. The van der Waals surface area contributed by atoms with E-state index in [4.69, 9.17) is 9.63 Å². The Morgan fingerprint density at radius 3 is 2.61 bits per heavy atom. The molecule has 3 N–H and O–H groups in total. The van der Waals surface area contributed by atoms with Crippen LogP contribution >= 0.6 is 0 Å². The Kier molecular flexibility index (Phi) is 7.99. The zero-order valence-corrected chi connectivity index (χ0v) is 20.2. The minimum atomic E-state index is -0.893. The fraction of sp³-hybridized carbons (Fsp3) is 0.333. The van der Waals surface area contributed by atoms with Crippen LogP contribution in [0, 0.1) is 6.92 Å². The molecule has 1 saturated heterocycles. The zero-order valence-electron chi connectivity index (χ0n) is 20.2. The number of carbonyl (C=O) groups is 3. The predicted octanol–water partition coefficient (Wildman–Crippen LogP) is 4.94. The summed E-state index contributed by atoms with van der Waals surface area (Å²) >= 11 is 0. The smallest absolute Gasteiger partial charge is 0.323 e. The minimum Gasteiger partial charge on any atom is -0.481 e. The van der Waals surface area contributed by atoms with Gasteiger partial charge in [0.1, 0.15) is 11.5 Å². The molecular formula is C27H30N4O5. The van der Waals surface area contributed by atoms with Crippen LogP contribution in [-0.2, 0) is 22.4 Å². The van der Waals surface area contributed by atoms with E-state index in [1.807, 2.05) is 48.2 Å². The fourth-order valence-electron chi connectivity index (χ4n) is 4.35. The van der Waals surface area contributed by atoms with Gasteiger partial charge < -0.3 is 25.2 Å². The van der Waals surface area contributed by atoms with Gasteiger partial charge in [0.05, 0.1) is 18.9 Å². The number of aryl methyl sites for hydroxylation is 2. The van der Waals surface area contributed by atoms with Crippen LogP contribution < -0.4 is 10.6 Å². The highest BCUT2D eigenvalue weighted by Crippen LogP contribution is 2.31. The fourth-order valence-corrected chi connectivity index (χ4v) is 4.35. The van der Waals surface area contributed by atoms with Crippen LogP contribution in [0.1, 0.15) is 54.3 Å². The lowest BCUT2D eigenvalue weighted by Gasteiger charge is -2.34. The summed E-state index contributed by atoms with van der Waals surface area (Å²) in [6.07, 6.45) is 3.17. The van der Waals surface area contributed by atoms with Crippen molar-refractivity contribution in [2.24, 2.45) is 0 Å². The molecule has 3 amide bonds. The number of nitrogens with zero attached hydrogens (tertiary/aromatic N) is 2. The molecule has 0 spiro atoms. The van der Waals surface area contributed by atoms with Gasteiger partial charge >= 0.3 is 12.0 Å². The Hall–Kier alpha value is -4.14. The molecule has 9 heteroatoms. The van der Waals surface area contributed by atoms with E-state index < -0.39 is 5.97 Å². The third-order valence-corrected chi connectivity index (χ3v) is 6.29. The maximum Gasteiger partial charge on any atom is 0.323 e. The van der Waals surface area contributed by atoms with Gasteiger partial charge in [-0.05, 0) is 55.5 Å². The van der Waals surface area contributed by atoms with Crippen molar-refractivity contribution >= 4 is 29.3 Å².